The van der Waals surface area contributed by atoms with Gasteiger partial charge in [-0.05, 0) is 149 Å². The monoisotopic (exact) mass is 1380 g/mol. The molecule has 0 N–H and O–H groups in total. The Bertz CT molecular complexity index is 7370. The second-order valence-corrected chi connectivity index (χ2v) is 28.3. The highest BCUT2D eigenvalue weighted by atomic mass is 32.1. The summed E-state index contributed by atoms with van der Waals surface area (Å²) in [5, 5.41) is 10.9. The Kier molecular flexibility index (Phi) is 13.6. The molecule has 15 aromatic carbocycles. The molecular formula is C96H56N8O2S. The number of thiophene rings is 1. The van der Waals surface area contributed by atoms with Crippen molar-refractivity contribution < 1.29 is 8.83 Å². The molecule has 498 valence electrons. The molecule has 0 aliphatic rings. The van der Waals surface area contributed by atoms with Crippen molar-refractivity contribution in [2.45, 2.75) is 0 Å². The summed E-state index contributed by atoms with van der Waals surface area (Å²) >= 11 is 1.80. The molecule has 7 heterocycles. The fraction of sp³-hybridized carbons (Fsp3) is 0. The summed E-state index contributed by atoms with van der Waals surface area (Å²) in [7, 11) is 0. The summed E-state index contributed by atoms with van der Waals surface area (Å²) in [5.41, 5.74) is 21.6. The Morgan fingerprint density at radius 3 is 1.23 bits per heavy atom. The van der Waals surface area contributed by atoms with Crippen LogP contribution in [0.5, 0.6) is 0 Å². The van der Waals surface area contributed by atoms with Crippen molar-refractivity contribution >= 4 is 119 Å². The van der Waals surface area contributed by atoms with Crippen LogP contribution in [-0.4, -0.2) is 39.0 Å². The van der Waals surface area contributed by atoms with Crippen molar-refractivity contribution in [3.8, 4) is 113 Å². The SMILES string of the molecule is c1ccc(-c2nc(-c3cccc4c3oc3ccccc34)nc(-c3cccc4oc5ccc(-c6ccc7c(c6)c6cc(-c8ccc(-c9nc(-c%10ccccc%10)nc(-c%10cccc%11sc%12ccc(-c%13ccc%14c(c%13)c%13ccccc%13n%14-c%13ccccc%13)cc%12c%10%11)n9)cc8)ccc6n7-c6ccccc6)cc5c34)n2)cc1. The van der Waals surface area contributed by atoms with Gasteiger partial charge in [-0.2, -0.15) is 0 Å². The van der Waals surface area contributed by atoms with Crippen molar-refractivity contribution in [1.82, 2.24) is 39.0 Å². The lowest BCUT2D eigenvalue weighted by Gasteiger charge is -2.11. The van der Waals surface area contributed by atoms with Gasteiger partial charge in [-0.1, -0.05) is 224 Å². The number of benzene rings is 15. The predicted molar refractivity (Wildman–Crippen MR) is 438 cm³/mol. The first-order chi connectivity index (χ1) is 53.0. The first-order valence-electron chi connectivity index (χ1n) is 35.8. The normalized spacial score (nSPS) is 11.9. The Morgan fingerprint density at radius 1 is 0.215 bits per heavy atom. The van der Waals surface area contributed by atoms with Gasteiger partial charge in [0.1, 0.15) is 22.3 Å². The lowest BCUT2D eigenvalue weighted by molar-refractivity contribution is 0.668. The van der Waals surface area contributed by atoms with E-state index in [2.05, 4.69) is 258 Å². The molecule has 107 heavy (non-hydrogen) atoms. The van der Waals surface area contributed by atoms with E-state index in [1.807, 2.05) is 91.0 Å². The van der Waals surface area contributed by atoms with Crippen LogP contribution < -0.4 is 0 Å². The number of hydrogen-bond donors (Lipinski definition) is 0. The molecule has 0 fully saturated rings. The van der Waals surface area contributed by atoms with E-state index >= 15 is 0 Å². The largest absolute Gasteiger partial charge is 0.456 e. The maximum absolute atomic E-state index is 6.71. The minimum Gasteiger partial charge on any atom is -0.456 e. The summed E-state index contributed by atoms with van der Waals surface area (Å²) in [5.74, 6) is 3.42. The van der Waals surface area contributed by atoms with Gasteiger partial charge >= 0.3 is 0 Å². The highest BCUT2D eigenvalue weighted by Gasteiger charge is 2.24. The third kappa shape index (κ3) is 9.93. The molecule has 0 bridgehead atoms. The smallest absolute Gasteiger partial charge is 0.167 e. The van der Waals surface area contributed by atoms with Crippen LogP contribution in [0, 0.1) is 0 Å². The predicted octanol–water partition coefficient (Wildman–Crippen LogP) is 25.4. The summed E-state index contributed by atoms with van der Waals surface area (Å²) in [6.45, 7) is 0. The molecule has 0 unspecified atom stereocenters. The van der Waals surface area contributed by atoms with Gasteiger partial charge in [0, 0.05) is 102 Å². The number of furan rings is 2. The van der Waals surface area contributed by atoms with Gasteiger partial charge in [-0.3, -0.25) is 0 Å². The van der Waals surface area contributed by atoms with Crippen LogP contribution in [0.1, 0.15) is 0 Å². The lowest BCUT2D eigenvalue weighted by atomic mass is 9.98. The van der Waals surface area contributed by atoms with Crippen LogP contribution in [0.4, 0.5) is 0 Å². The number of para-hydroxylation sites is 5. The molecule has 22 rings (SSSR count). The summed E-state index contributed by atoms with van der Waals surface area (Å²) < 4.78 is 20.4. The first kappa shape index (κ1) is 60.3. The first-order valence-corrected chi connectivity index (χ1v) is 36.6. The van der Waals surface area contributed by atoms with Gasteiger partial charge in [-0.15, -0.1) is 11.3 Å². The molecule has 0 spiro atoms. The molecule has 0 atom stereocenters. The third-order valence-corrected chi connectivity index (χ3v) is 22.2. The Morgan fingerprint density at radius 2 is 0.607 bits per heavy atom. The van der Waals surface area contributed by atoms with Crippen molar-refractivity contribution in [1.29, 1.82) is 0 Å². The standard InChI is InChI=1S/C96H56N8O2S/c1-5-20-58(21-6-1)91-97-93(100-95(98-91)72-32-19-37-87-89(72)78-56-65(46-51-86(78)107-87)62-43-48-80-74(53-62)68-28-13-15-34-79(68)103(80)66-24-9-3-10-25-66)60-40-38-57(39-41-60)61-42-47-81-75(52-61)76-54-63(44-49-82(76)104(81)67-26-11-4-12-27-67)64-45-50-84-77(55-64)88-71(31-18-36-85(88)105-84)94-99-92(59-22-7-2-8-23-59)101-96(102-94)73-33-17-30-70-69-29-14-16-35-83(69)106-90(70)73/h1-56H. The van der Waals surface area contributed by atoms with Crippen LogP contribution in [0.2, 0.25) is 0 Å². The maximum atomic E-state index is 6.71. The van der Waals surface area contributed by atoms with Gasteiger partial charge in [0.05, 0.1) is 27.6 Å². The van der Waals surface area contributed by atoms with Gasteiger partial charge in [0.2, 0.25) is 0 Å². The molecule has 0 aliphatic carbocycles. The maximum Gasteiger partial charge on any atom is 0.167 e. The number of fused-ring (bicyclic) bond motifs is 15. The number of rotatable bonds is 11. The molecule has 0 amide bonds. The zero-order chi connectivity index (χ0) is 70.2. The van der Waals surface area contributed by atoms with Crippen molar-refractivity contribution in [3.05, 3.63) is 340 Å². The van der Waals surface area contributed by atoms with Crippen LogP contribution >= 0.6 is 11.3 Å². The van der Waals surface area contributed by atoms with Crippen LogP contribution in [0.15, 0.2) is 349 Å². The zero-order valence-electron chi connectivity index (χ0n) is 57.1. The fourth-order valence-electron chi connectivity index (χ4n) is 16.0. The molecular weight excluding hydrogens is 1330 g/mol. The molecule has 11 heteroatoms. The Labute approximate surface area is 615 Å². The van der Waals surface area contributed by atoms with Crippen molar-refractivity contribution in [2.24, 2.45) is 0 Å². The van der Waals surface area contributed by atoms with E-state index in [0.29, 0.717) is 34.9 Å². The van der Waals surface area contributed by atoms with E-state index in [1.54, 1.807) is 11.3 Å². The molecule has 22 aromatic rings. The molecule has 0 saturated heterocycles. The second-order valence-electron chi connectivity index (χ2n) is 27.2. The van der Waals surface area contributed by atoms with E-state index in [4.69, 9.17) is 38.7 Å². The van der Waals surface area contributed by atoms with Gasteiger partial charge < -0.3 is 18.0 Å². The highest BCUT2D eigenvalue weighted by Crippen LogP contribution is 2.46. The van der Waals surface area contributed by atoms with Crippen molar-refractivity contribution in [3.63, 3.8) is 0 Å². The second kappa shape index (κ2) is 24.2. The van der Waals surface area contributed by atoms with Crippen LogP contribution in [0.25, 0.3) is 221 Å². The molecule has 0 saturated carbocycles. The number of aromatic nitrogens is 8. The van der Waals surface area contributed by atoms with Gasteiger partial charge in [0.15, 0.2) is 34.9 Å². The average Bonchev–Trinajstić information content (AvgIpc) is 1.63. The molecule has 10 nitrogen and oxygen atoms in total. The number of hydrogen-bond acceptors (Lipinski definition) is 9. The van der Waals surface area contributed by atoms with Gasteiger partial charge in [-0.25, -0.2) is 29.9 Å². The fourth-order valence-corrected chi connectivity index (χ4v) is 17.2. The topological polar surface area (TPSA) is 113 Å². The van der Waals surface area contributed by atoms with E-state index in [9.17, 15) is 0 Å². The van der Waals surface area contributed by atoms with Gasteiger partial charge in [0.25, 0.3) is 0 Å². The summed E-state index contributed by atoms with van der Waals surface area (Å²) in [6.07, 6.45) is 0. The summed E-state index contributed by atoms with van der Waals surface area (Å²) in [4.78, 5) is 31.6. The summed E-state index contributed by atoms with van der Waals surface area (Å²) in [6, 6.07) is 120. The quantitative estimate of drug-likeness (QED) is 0.126. The van der Waals surface area contributed by atoms with E-state index in [1.165, 1.54) is 31.2 Å². The van der Waals surface area contributed by atoms with Crippen LogP contribution in [0.3, 0.4) is 0 Å². The molecule has 0 radical (unpaired) electrons. The minimum atomic E-state index is 0.515. The van der Waals surface area contributed by atoms with Crippen LogP contribution in [-0.2, 0) is 0 Å². The number of nitrogens with zero attached hydrogens (tertiary/aromatic N) is 8. The minimum absolute atomic E-state index is 0.515. The highest BCUT2D eigenvalue weighted by molar-refractivity contribution is 7.26. The Balaban J connectivity index is 0.633. The average molecular weight is 1390 g/mol. The van der Waals surface area contributed by atoms with E-state index in [0.717, 1.165) is 155 Å². The zero-order valence-corrected chi connectivity index (χ0v) is 58.0. The Hall–Kier alpha value is -14.3. The van der Waals surface area contributed by atoms with E-state index < -0.39 is 0 Å². The third-order valence-electron chi connectivity index (χ3n) is 21.1. The van der Waals surface area contributed by atoms with E-state index in [-0.39, 0.29) is 0 Å². The molecule has 0 aliphatic heterocycles. The molecule has 7 aromatic heterocycles. The van der Waals surface area contributed by atoms with Crippen molar-refractivity contribution in [2.75, 3.05) is 0 Å². The lowest BCUT2D eigenvalue weighted by Crippen LogP contribution is -2.00.